The van der Waals surface area contributed by atoms with Crippen molar-refractivity contribution in [3.8, 4) is 33.8 Å². The van der Waals surface area contributed by atoms with Crippen molar-refractivity contribution in [2.24, 2.45) is 0 Å². The van der Waals surface area contributed by atoms with Crippen LogP contribution in [0.25, 0.3) is 22.3 Å². The zero-order valence-corrected chi connectivity index (χ0v) is 19.5. The summed E-state index contributed by atoms with van der Waals surface area (Å²) in [6.45, 7) is 11.0. The minimum absolute atomic E-state index is 0.934. The Morgan fingerprint density at radius 1 is 0.633 bits per heavy atom. The maximum atomic E-state index is 5.51. The van der Waals surface area contributed by atoms with Gasteiger partial charge in [-0.25, -0.2) is 0 Å². The van der Waals surface area contributed by atoms with Crippen LogP contribution >= 0.6 is 0 Å². The molecule has 3 rings (SSSR count). The first-order valence-corrected chi connectivity index (χ1v) is 11.0. The predicted molar refractivity (Wildman–Crippen MR) is 128 cm³/mol. The minimum Gasteiger partial charge on any atom is -0.496 e. The summed E-state index contributed by atoms with van der Waals surface area (Å²) in [6, 6.07) is 15.5. The lowest BCUT2D eigenvalue weighted by Gasteiger charge is -2.23. The number of rotatable bonds is 7. The van der Waals surface area contributed by atoms with Gasteiger partial charge in [-0.2, -0.15) is 0 Å². The van der Waals surface area contributed by atoms with Crippen LogP contribution in [0.15, 0.2) is 42.5 Å². The van der Waals surface area contributed by atoms with Crippen molar-refractivity contribution < 1.29 is 9.47 Å². The molecule has 0 radical (unpaired) electrons. The van der Waals surface area contributed by atoms with E-state index in [-0.39, 0.29) is 0 Å². The van der Waals surface area contributed by atoms with E-state index in [1.54, 1.807) is 14.2 Å². The highest BCUT2D eigenvalue weighted by atomic mass is 16.5. The van der Waals surface area contributed by atoms with Gasteiger partial charge in [0.2, 0.25) is 0 Å². The van der Waals surface area contributed by atoms with E-state index in [1.807, 2.05) is 0 Å². The third-order valence-electron chi connectivity index (χ3n) is 6.11. The number of hydrogen-bond acceptors (Lipinski definition) is 2. The van der Waals surface area contributed by atoms with Gasteiger partial charge in [0.25, 0.3) is 0 Å². The van der Waals surface area contributed by atoms with Gasteiger partial charge in [0.05, 0.1) is 14.2 Å². The molecule has 0 saturated heterocycles. The highest BCUT2D eigenvalue weighted by molar-refractivity contribution is 5.83. The summed E-state index contributed by atoms with van der Waals surface area (Å²) in [6.07, 6.45) is 3.04. The first-order chi connectivity index (χ1) is 14.5. The van der Waals surface area contributed by atoms with Crippen molar-refractivity contribution in [3.63, 3.8) is 0 Å². The van der Waals surface area contributed by atoms with Crippen LogP contribution in [0.2, 0.25) is 0 Å². The largest absolute Gasteiger partial charge is 0.496 e. The molecule has 0 N–H and O–H groups in total. The van der Waals surface area contributed by atoms with Crippen LogP contribution in [0.5, 0.6) is 11.5 Å². The predicted octanol–water partition coefficient (Wildman–Crippen LogP) is 7.34. The first kappa shape index (κ1) is 22.0. The van der Waals surface area contributed by atoms with Crippen molar-refractivity contribution in [2.75, 3.05) is 14.2 Å². The van der Waals surface area contributed by atoms with Gasteiger partial charge in [-0.1, -0.05) is 39.0 Å². The van der Waals surface area contributed by atoms with Crippen LogP contribution in [-0.4, -0.2) is 14.2 Å². The highest BCUT2D eigenvalue weighted by Gasteiger charge is 2.19. The Kier molecular flexibility index (Phi) is 6.87. The number of benzene rings is 3. The van der Waals surface area contributed by atoms with Crippen molar-refractivity contribution in [2.45, 2.75) is 53.9 Å². The molecule has 0 unspecified atom stereocenters. The molecule has 3 aromatic rings. The fraction of sp³-hybridized carbons (Fsp3) is 0.357. The Hall–Kier alpha value is -2.74. The van der Waals surface area contributed by atoms with Gasteiger partial charge in [-0.05, 0) is 107 Å². The molecule has 30 heavy (non-hydrogen) atoms. The van der Waals surface area contributed by atoms with Crippen molar-refractivity contribution >= 4 is 0 Å². The molecule has 0 heterocycles. The molecule has 0 fully saturated rings. The van der Waals surface area contributed by atoms with Gasteiger partial charge in [0.1, 0.15) is 11.5 Å². The summed E-state index contributed by atoms with van der Waals surface area (Å²) in [5.74, 6) is 1.87. The lowest BCUT2D eigenvalue weighted by molar-refractivity contribution is 0.411. The molecule has 0 bridgehead atoms. The van der Waals surface area contributed by atoms with Gasteiger partial charge >= 0.3 is 0 Å². The van der Waals surface area contributed by atoms with E-state index in [9.17, 15) is 0 Å². The second-order valence-corrected chi connectivity index (χ2v) is 7.84. The molecule has 158 valence electrons. The van der Waals surface area contributed by atoms with Crippen molar-refractivity contribution in [1.82, 2.24) is 0 Å². The van der Waals surface area contributed by atoms with Crippen molar-refractivity contribution in [3.05, 3.63) is 70.3 Å². The van der Waals surface area contributed by atoms with E-state index in [0.29, 0.717) is 0 Å². The summed E-state index contributed by atoms with van der Waals surface area (Å²) in [5.41, 5.74) is 11.9. The lowest BCUT2D eigenvalue weighted by Crippen LogP contribution is -2.03. The Labute approximate surface area is 181 Å². The average Bonchev–Trinajstić information content (AvgIpc) is 2.77. The standard InChI is InChI=1S/C28H34O2/c1-8-20-17-25(21-11-13-26(29-6)18(4)15-21)24(10-3)28(23(20)9-2)22-12-14-27(30-7)19(5)16-22/h11-17H,8-10H2,1-7H3. The summed E-state index contributed by atoms with van der Waals surface area (Å²) in [5, 5.41) is 0. The topological polar surface area (TPSA) is 18.5 Å². The summed E-state index contributed by atoms with van der Waals surface area (Å²) in [4.78, 5) is 0. The molecule has 3 aromatic carbocycles. The van der Waals surface area contributed by atoms with Crippen LogP contribution in [0.1, 0.15) is 48.6 Å². The van der Waals surface area contributed by atoms with Gasteiger partial charge in [-0.15, -0.1) is 0 Å². The monoisotopic (exact) mass is 402 g/mol. The highest BCUT2D eigenvalue weighted by Crippen LogP contribution is 2.40. The lowest BCUT2D eigenvalue weighted by atomic mass is 9.82. The van der Waals surface area contributed by atoms with E-state index >= 15 is 0 Å². The molecule has 0 aromatic heterocycles. The SMILES string of the molecule is CCc1cc(-c2ccc(OC)c(C)c2)c(CC)c(-c2ccc(OC)c(C)c2)c1CC. The molecule has 2 heteroatoms. The molecular weight excluding hydrogens is 368 g/mol. The van der Waals surface area contributed by atoms with Crippen LogP contribution in [0.3, 0.4) is 0 Å². The second-order valence-electron chi connectivity index (χ2n) is 7.84. The van der Waals surface area contributed by atoms with Gasteiger partial charge in [0.15, 0.2) is 0 Å². The van der Waals surface area contributed by atoms with E-state index in [1.165, 1.54) is 44.5 Å². The molecular formula is C28H34O2. The third kappa shape index (κ3) is 3.96. The van der Waals surface area contributed by atoms with E-state index in [4.69, 9.17) is 9.47 Å². The minimum atomic E-state index is 0.934. The van der Waals surface area contributed by atoms with Gasteiger partial charge in [-0.3, -0.25) is 0 Å². The molecule has 2 nitrogen and oxygen atoms in total. The van der Waals surface area contributed by atoms with Crippen LogP contribution in [0, 0.1) is 13.8 Å². The molecule has 0 atom stereocenters. The second kappa shape index (κ2) is 9.38. The fourth-order valence-electron chi connectivity index (χ4n) is 4.60. The van der Waals surface area contributed by atoms with Crippen LogP contribution in [-0.2, 0) is 19.3 Å². The number of aryl methyl sites for hydroxylation is 3. The number of hydrogen-bond donors (Lipinski definition) is 0. The average molecular weight is 403 g/mol. The Balaban J connectivity index is 2.34. The maximum absolute atomic E-state index is 5.51. The number of methoxy groups -OCH3 is 2. The van der Waals surface area contributed by atoms with E-state index in [0.717, 1.165) is 36.3 Å². The van der Waals surface area contributed by atoms with Gasteiger partial charge < -0.3 is 9.47 Å². The molecule has 0 aliphatic rings. The fourth-order valence-corrected chi connectivity index (χ4v) is 4.60. The van der Waals surface area contributed by atoms with Crippen LogP contribution < -0.4 is 9.47 Å². The Bertz CT molecular complexity index is 1050. The van der Waals surface area contributed by atoms with E-state index in [2.05, 4.69) is 77.1 Å². The molecule has 0 aliphatic heterocycles. The third-order valence-corrected chi connectivity index (χ3v) is 6.11. The smallest absolute Gasteiger partial charge is 0.121 e. The Morgan fingerprint density at radius 3 is 1.63 bits per heavy atom. The zero-order valence-electron chi connectivity index (χ0n) is 19.5. The summed E-state index contributed by atoms with van der Waals surface area (Å²) in [7, 11) is 3.47. The summed E-state index contributed by atoms with van der Waals surface area (Å²) >= 11 is 0. The van der Waals surface area contributed by atoms with Crippen LogP contribution in [0.4, 0.5) is 0 Å². The summed E-state index contributed by atoms with van der Waals surface area (Å²) < 4.78 is 11.0. The molecule has 0 aliphatic carbocycles. The maximum Gasteiger partial charge on any atom is 0.121 e. The quantitative estimate of drug-likeness (QED) is 0.411. The molecule has 0 amide bonds. The molecule has 0 saturated carbocycles. The zero-order chi connectivity index (χ0) is 21.8. The van der Waals surface area contributed by atoms with Crippen molar-refractivity contribution in [1.29, 1.82) is 0 Å². The first-order valence-electron chi connectivity index (χ1n) is 11.0. The number of ether oxygens (including phenoxy) is 2. The Morgan fingerprint density at radius 2 is 1.17 bits per heavy atom. The normalized spacial score (nSPS) is 10.9. The molecule has 0 spiro atoms. The van der Waals surface area contributed by atoms with E-state index < -0.39 is 0 Å². The van der Waals surface area contributed by atoms with Gasteiger partial charge in [0, 0.05) is 0 Å².